The van der Waals surface area contributed by atoms with Gasteiger partial charge < -0.3 is 10.1 Å². The van der Waals surface area contributed by atoms with Gasteiger partial charge in [-0.05, 0) is 66.1 Å². The van der Waals surface area contributed by atoms with Crippen LogP contribution in [0.4, 0.5) is 0 Å². The van der Waals surface area contributed by atoms with Crippen molar-refractivity contribution in [2.24, 2.45) is 5.92 Å². The molecule has 108 valence electrons. The molecule has 1 aromatic carbocycles. The van der Waals surface area contributed by atoms with E-state index < -0.39 is 0 Å². The molecular formula is C14H22BrClN2O. The fraction of sp³-hybridized carbons (Fsp3) is 0.571. The minimum absolute atomic E-state index is 0. The van der Waals surface area contributed by atoms with Crippen molar-refractivity contribution < 1.29 is 4.74 Å². The average molecular weight is 350 g/mol. The lowest BCUT2D eigenvalue weighted by Gasteiger charge is -2.16. The van der Waals surface area contributed by atoms with Gasteiger partial charge in [-0.2, -0.15) is 0 Å². The van der Waals surface area contributed by atoms with Crippen molar-refractivity contribution in [2.45, 2.75) is 13.0 Å². The Hall–Kier alpha value is -0.290. The molecule has 19 heavy (non-hydrogen) atoms. The SMILES string of the molecule is CNCC1CCN(Cc2ccc(OC)c(Br)c2)C1.Cl. The van der Waals surface area contributed by atoms with E-state index in [-0.39, 0.29) is 12.4 Å². The molecule has 1 atom stereocenters. The van der Waals surface area contributed by atoms with Crippen LogP contribution in [0.5, 0.6) is 5.75 Å². The summed E-state index contributed by atoms with van der Waals surface area (Å²) in [6, 6.07) is 6.33. The Morgan fingerprint density at radius 2 is 2.26 bits per heavy atom. The highest BCUT2D eigenvalue weighted by molar-refractivity contribution is 9.10. The quantitative estimate of drug-likeness (QED) is 0.884. The van der Waals surface area contributed by atoms with Crippen molar-refractivity contribution in [3.63, 3.8) is 0 Å². The van der Waals surface area contributed by atoms with Crippen LogP contribution in [0.25, 0.3) is 0 Å². The number of nitrogens with one attached hydrogen (secondary N) is 1. The second-order valence-electron chi connectivity index (χ2n) is 4.92. The zero-order valence-corrected chi connectivity index (χ0v) is 13.9. The van der Waals surface area contributed by atoms with E-state index in [1.807, 2.05) is 13.1 Å². The van der Waals surface area contributed by atoms with Crippen LogP contribution in [0.3, 0.4) is 0 Å². The molecule has 0 saturated carbocycles. The van der Waals surface area contributed by atoms with E-state index in [9.17, 15) is 0 Å². The smallest absolute Gasteiger partial charge is 0.133 e. The van der Waals surface area contributed by atoms with Gasteiger partial charge in [0, 0.05) is 13.1 Å². The molecule has 1 saturated heterocycles. The molecule has 2 rings (SSSR count). The Morgan fingerprint density at radius 1 is 1.47 bits per heavy atom. The van der Waals surface area contributed by atoms with Crippen molar-refractivity contribution >= 4 is 28.3 Å². The van der Waals surface area contributed by atoms with Crippen molar-refractivity contribution in [3.05, 3.63) is 28.2 Å². The Labute approximate surface area is 130 Å². The first-order valence-corrected chi connectivity index (χ1v) is 7.21. The number of ether oxygens (including phenoxy) is 1. The van der Waals surface area contributed by atoms with Crippen molar-refractivity contribution in [1.29, 1.82) is 0 Å². The standard InChI is InChI=1S/C14H21BrN2O.ClH/c1-16-8-12-5-6-17(10-12)9-11-3-4-14(18-2)13(15)7-11;/h3-4,7,12,16H,5-6,8-10H2,1-2H3;1H. The van der Waals surface area contributed by atoms with Gasteiger partial charge in [-0.3, -0.25) is 4.90 Å². The molecule has 0 bridgehead atoms. The van der Waals surface area contributed by atoms with Crippen LogP contribution >= 0.6 is 28.3 Å². The fourth-order valence-electron chi connectivity index (χ4n) is 2.58. The van der Waals surface area contributed by atoms with Crippen molar-refractivity contribution in [1.82, 2.24) is 10.2 Å². The number of halogens is 2. The Balaban J connectivity index is 0.00000180. The second-order valence-corrected chi connectivity index (χ2v) is 5.77. The summed E-state index contributed by atoms with van der Waals surface area (Å²) in [6.07, 6.45) is 1.30. The van der Waals surface area contributed by atoms with Crippen molar-refractivity contribution in [2.75, 3.05) is 33.8 Å². The number of methoxy groups -OCH3 is 1. The van der Waals surface area contributed by atoms with Crippen LogP contribution in [-0.2, 0) is 6.54 Å². The van der Waals surface area contributed by atoms with Crippen molar-refractivity contribution in [3.8, 4) is 5.75 Å². The topological polar surface area (TPSA) is 24.5 Å². The molecule has 3 nitrogen and oxygen atoms in total. The number of hydrogen-bond donors (Lipinski definition) is 1. The van der Waals surface area contributed by atoms with Gasteiger partial charge in [-0.1, -0.05) is 6.07 Å². The molecular weight excluding hydrogens is 328 g/mol. The second kappa shape index (κ2) is 8.10. The minimum Gasteiger partial charge on any atom is -0.496 e. The highest BCUT2D eigenvalue weighted by Crippen LogP contribution is 2.27. The van der Waals surface area contributed by atoms with Crippen LogP contribution < -0.4 is 10.1 Å². The van der Waals surface area contributed by atoms with Gasteiger partial charge in [0.15, 0.2) is 0 Å². The summed E-state index contributed by atoms with van der Waals surface area (Å²) < 4.78 is 6.29. The first-order chi connectivity index (χ1) is 8.72. The maximum atomic E-state index is 5.25. The van der Waals surface area contributed by atoms with E-state index in [0.29, 0.717) is 0 Å². The molecule has 0 aromatic heterocycles. The molecule has 1 unspecified atom stereocenters. The zero-order chi connectivity index (χ0) is 13.0. The van der Waals surface area contributed by atoms with Crippen LogP contribution in [-0.4, -0.2) is 38.7 Å². The van der Waals surface area contributed by atoms with Gasteiger partial charge in [0.05, 0.1) is 11.6 Å². The van der Waals surface area contributed by atoms with Gasteiger partial charge in [0.2, 0.25) is 0 Å². The normalized spacial score (nSPS) is 19.2. The van der Waals surface area contributed by atoms with E-state index in [1.165, 1.54) is 25.1 Å². The molecule has 1 N–H and O–H groups in total. The number of likely N-dealkylation sites (tertiary alicyclic amines) is 1. The third kappa shape index (κ3) is 4.63. The van der Waals surface area contributed by atoms with E-state index >= 15 is 0 Å². The summed E-state index contributed by atoms with van der Waals surface area (Å²) in [6.45, 7) is 4.56. The summed E-state index contributed by atoms with van der Waals surface area (Å²) in [5, 5.41) is 3.27. The van der Waals surface area contributed by atoms with Gasteiger partial charge in [-0.25, -0.2) is 0 Å². The summed E-state index contributed by atoms with van der Waals surface area (Å²) in [4.78, 5) is 2.52. The van der Waals surface area contributed by atoms with E-state index in [4.69, 9.17) is 4.74 Å². The van der Waals surface area contributed by atoms with E-state index in [2.05, 4.69) is 38.3 Å². The van der Waals surface area contributed by atoms with Crippen LogP contribution in [0.15, 0.2) is 22.7 Å². The number of rotatable bonds is 5. The lowest BCUT2D eigenvalue weighted by atomic mass is 10.1. The molecule has 0 amide bonds. The van der Waals surface area contributed by atoms with Gasteiger partial charge in [0.1, 0.15) is 5.75 Å². The summed E-state index contributed by atoms with van der Waals surface area (Å²) in [5.41, 5.74) is 1.34. The number of hydrogen-bond acceptors (Lipinski definition) is 3. The zero-order valence-electron chi connectivity index (χ0n) is 11.5. The first kappa shape index (κ1) is 16.8. The summed E-state index contributed by atoms with van der Waals surface area (Å²) in [5.74, 6) is 1.70. The predicted molar refractivity (Wildman–Crippen MR) is 85.3 cm³/mol. The maximum absolute atomic E-state index is 5.25. The lowest BCUT2D eigenvalue weighted by molar-refractivity contribution is 0.315. The fourth-order valence-corrected chi connectivity index (χ4v) is 3.17. The molecule has 0 spiro atoms. The molecule has 0 aliphatic carbocycles. The highest BCUT2D eigenvalue weighted by Gasteiger charge is 2.21. The molecule has 1 aliphatic rings. The van der Waals surface area contributed by atoms with Crippen LogP contribution in [0, 0.1) is 5.92 Å². The molecule has 5 heteroatoms. The van der Waals surface area contributed by atoms with Gasteiger partial charge >= 0.3 is 0 Å². The lowest BCUT2D eigenvalue weighted by Crippen LogP contribution is -2.24. The predicted octanol–water partition coefficient (Wildman–Crippen LogP) is 2.92. The highest BCUT2D eigenvalue weighted by atomic mass is 79.9. The average Bonchev–Trinajstić information content (AvgIpc) is 2.77. The largest absolute Gasteiger partial charge is 0.496 e. The summed E-state index contributed by atoms with van der Waals surface area (Å²) >= 11 is 3.54. The van der Waals surface area contributed by atoms with E-state index in [0.717, 1.165) is 29.2 Å². The first-order valence-electron chi connectivity index (χ1n) is 6.42. The molecule has 1 aromatic rings. The Morgan fingerprint density at radius 3 is 2.89 bits per heavy atom. The van der Waals surface area contributed by atoms with Gasteiger partial charge in [-0.15, -0.1) is 12.4 Å². The maximum Gasteiger partial charge on any atom is 0.133 e. The third-order valence-electron chi connectivity index (χ3n) is 3.49. The van der Waals surface area contributed by atoms with E-state index in [1.54, 1.807) is 7.11 Å². The molecule has 1 aliphatic heterocycles. The number of nitrogens with zero attached hydrogens (tertiary/aromatic N) is 1. The third-order valence-corrected chi connectivity index (χ3v) is 4.10. The summed E-state index contributed by atoms with van der Waals surface area (Å²) in [7, 11) is 3.73. The van der Waals surface area contributed by atoms with Crippen LogP contribution in [0.2, 0.25) is 0 Å². The Kier molecular flexibility index (Phi) is 7.15. The molecule has 1 fully saturated rings. The van der Waals surface area contributed by atoms with Gasteiger partial charge in [0.25, 0.3) is 0 Å². The molecule has 0 radical (unpaired) electrons. The Bertz CT molecular complexity index is 403. The molecule has 1 heterocycles. The number of benzene rings is 1. The van der Waals surface area contributed by atoms with Crippen LogP contribution in [0.1, 0.15) is 12.0 Å². The monoisotopic (exact) mass is 348 g/mol. The minimum atomic E-state index is 0.